The Hall–Kier alpha value is -0.610. The van der Waals surface area contributed by atoms with E-state index in [4.69, 9.17) is 0 Å². The van der Waals surface area contributed by atoms with Crippen molar-refractivity contribution >= 4 is 5.97 Å². The van der Waals surface area contributed by atoms with Crippen molar-refractivity contribution in [3.05, 3.63) is 0 Å². The SMILES string of the molecule is CCCCCCCCCCCCCCCCCCCCCCCCC(C(=O)O)[C@H](O)CCCCCCCCCCCCCCCC1CC1CCCCCCCCCCCCCCCCCC[C@H](O)[C@@H](C)CCCCCCCCCCCCCCCCCC. The van der Waals surface area contributed by atoms with Crippen LogP contribution in [0.5, 0.6) is 0 Å². The van der Waals surface area contributed by atoms with E-state index in [0.29, 0.717) is 18.8 Å². The van der Waals surface area contributed by atoms with Gasteiger partial charge in [-0.3, -0.25) is 4.79 Å². The van der Waals surface area contributed by atoms with Crippen molar-refractivity contribution in [3.63, 3.8) is 0 Å². The highest BCUT2D eigenvalue weighted by atomic mass is 16.4. The summed E-state index contributed by atoms with van der Waals surface area (Å²) >= 11 is 0. The second-order valence-electron chi connectivity index (χ2n) is 30.5. The summed E-state index contributed by atoms with van der Waals surface area (Å²) in [7, 11) is 0. The number of aliphatic hydroxyl groups excluding tert-OH is 2. The van der Waals surface area contributed by atoms with Crippen LogP contribution in [0.25, 0.3) is 0 Å². The first-order valence-corrected chi connectivity index (χ1v) is 42.0. The van der Waals surface area contributed by atoms with Crippen LogP contribution >= 0.6 is 0 Å². The van der Waals surface area contributed by atoms with E-state index < -0.39 is 18.0 Å². The summed E-state index contributed by atoms with van der Waals surface area (Å²) < 4.78 is 0. The maximum absolute atomic E-state index is 12.0. The molecule has 1 fully saturated rings. The van der Waals surface area contributed by atoms with Crippen LogP contribution in [0.1, 0.15) is 496 Å². The van der Waals surface area contributed by atoms with E-state index in [1.165, 1.54) is 430 Å². The van der Waals surface area contributed by atoms with Crippen LogP contribution < -0.4 is 0 Å². The number of carbonyl (C=O) groups is 1. The summed E-state index contributed by atoms with van der Waals surface area (Å²) in [6.45, 7) is 6.89. The van der Waals surface area contributed by atoms with Crippen molar-refractivity contribution in [2.45, 2.75) is 508 Å². The van der Waals surface area contributed by atoms with Gasteiger partial charge < -0.3 is 15.3 Å². The molecule has 0 radical (unpaired) electrons. The van der Waals surface area contributed by atoms with Gasteiger partial charge in [0.15, 0.2) is 0 Å². The molecular weight excluding hydrogens is 1070 g/mol. The molecule has 0 aromatic rings. The van der Waals surface area contributed by atoms with Gasteiger partial charge in [0.05, 0.1) is 18.1 Å². The van der Waals surface area contributed by atoms with Gasteiger partial charge in [0.1, 0.15) is 0 Å². The number of rotatable bonds is 78. The average molecular weight is 1240 g/mol. The van der Waals surface area contributed by atoms with Gasteiger partial charge in [0, 0.05) is 0 Å². The average Bonchev–Trinajstić information content (AvgIpc) is 4.30. The highest BCUT2D eigenvalue weighted by Crippen LogP contribution is 2.46. The van der Waals surface area contributed by atoms with E-state index >= 15 is 0 Å². The predicted molar refractivity (Wildman–Crippen MR) is 392 cm³/mol. The number of carboxylic acids is 1. The molecule has 0 bridgehead atoms. The lowest BCUT2D eigenvalue weighted by Gasteiger charge is -2.19. The first-order chi connectivity index (χ1) is 43.4. The number of aliphatic hydroxyl groups is 2. The molecule has 0 aromatic carbocycles. The molecule has 0 aromatic heterocycles. The van der Waals surface area contributed by atoms with Gasteiger partial charge >= 0.3 is 5.97 Å². The molecule has 1 rings (SSSR count). The number of carboxylic acid groups (broad SMARTS) is 1. The molecular formula is C84H166O4. The minimum Gasteiger partial charge on any atom is -0.481 e. The zero-order chi connectivity index (χ0) is 63.4. The molecule has 0 amide bonds. The van der Waals surface area contributed by atoms with Crippen molar-refractivity contribution in [2.24, 2.45) is 23.7 Å². The molecule has 3 N–H and O–H groups in total. The van der Waals surface area contributed by atoms with Gasteiger partial charge in [0.25, 0.3) is 0 Å². The van der Waals surface area contributed by atoms with Crippen LogP contribution in [0.4, 0.5) is 0 Å². The molecule has 1 aliphatic carbocycles. The van der Waals surface area contributed by atoms with Crippen LogP contribution in [0.15, 0.2) is 0 Å². The number of hydrogen-bond donors (Lipinski definition) is 3. The highest BCUT2D eigenvalue weighted by molar-refractivity contribution is 5.70. The van der Waals surface area contributed by atoms with Crippen LogP contribution in [0, 0.1) is 23.7 Å². The van der Waals surface area contributed by atoms with Crippen molar-refractivity contribution in [1.82, 2.24) is 0 Å². The standard InChI is InChI=1S/C84H166O4/c1-4-6-8-10-12-14-16-18-20-22-23-24-25-26-27-32-38-44-50-56-62-68-74-81(84(87)88)83(86)76-70-64-58-52-46-40-34-37-43-49-55-61-67-73-80-77-79(80)72-66-60-54-48-42-36-31-28-29-33-39-45-51-57-63-69-75-82(85)78(3)71-65-59-53-47-41-35-30-21-19-17-15-13-11-9-7-5-2/h78-83,85-86H,4-77H2,1-3H3,(H,87,88)/t78-,79?,80?,81?,82-,83+/m0/s1. The third kappa shape index (κ3) is 62.8. The van der Waals surface area contributed by atoms with Gasteiger partial charge in [-0.25, -0.2) is 0 Å². The molecule has 3 unspecified atom stereocenters. The summed E-state index contributed by atoms with van der Waals surface area (Å²) in [6.07, 6.45) is 100. The molecule has 0 aliphatic heterocycles. The number of aliphatic carboxylic acids is 1. The normalized spacial score (nSPS) is 15.6. The summed E-state index contributed by atoms with van der Waals surface area (Å²) in [5.74, 6) is 1.25. The van der Waals surface area contributed by atoms with Crippen LogP contribution in [0.2, 0.25) is 0 Å². The molecule has 6 atom stereocenters. The summed E-state index contributed by atoms with van der Waals surface area (Å²) in [5.41, 5.74) is 0. The Labute approximate surface area is 555 Å². The second-order valence-corrected chi connectivity index (χ2v) is 30.5. The fourth-order valence-electron chi connectivity index (χ4n) is 15.1. The highest BCUT2D eigenvalue weighted by Gasteiger charge is 2.35. The Kier molecular flexibility index (Phi) is 68.6. The molecule has 88 heavy (non-hydrogen) atoms. The van der Waals surface area contributed by atoms with Crippen molar-refractivity contribution in [3.8, 4) is 0 Å². The Morgan fingerprint density at radius 3 is 0.670 bits per heavy atom. The van der Waals surface area contributed by atoms with Crippen molar-refractivity contribution < 1.29 is 20.1 Å². The van der Waals surface area contributed by atoms with Crippen molar-refractivity contribution in [1.29, 1.82) is 0 Å². The summed E-state index contributed by atoms with van der Waals surface area (Å²) in [4.78, 5) is 12.0. The van der Waals surface area contributed by atoms with E-state index in [1.807, 2.05) is 0 Å². The van der Waals surface area contributed by atoms with Crippen LogP contribution in [-0.4, -0.2) is 33.5 Å². The molecule has 0 spiro atoms. The fourth-order valence-corrected chi connectivity index (χ4v) is 15.1. The molecule has 526 valence electrons. The molecule has 4 nitrogen and oxygen atoms in total. The van der Waals surface area contributed by atoms with Crippen LogP contribution in [-0.2, 0) is 4.79 Å². The summed E-state index contributed by atoms with van der Waals surface area (Å²) in [5, 5.41) is 31.3. The predicted octanol–water partition coefficient (Wildman–Crippen LogP) is 29.2. The van der Waals surface area contributed by atoms with E-state index in [9.17, 15) is 20.1 Å². The molecule has 0 heterocycles. The van der Waals surface area contributed by atoms with Crippen LogP contribution in [0.3, 0.4) is 0 Å². The topological polar surface area (TPSA) is 77.8 Å². The molecule has 1 saturated carbocycles. The smallest absolute Gasteiger partial charge is 0.309 e. The number of hydrogen-bond acceptors (Lipinski definition) is 3. The van der Waals surface area contributed by atoms with E-state index in [2.05, 4.69) is 20.8 Å². The Morgan fingerprint density at radius 1 is 0.261 bits per heavy atom. The van der Waals surface area contributed by atoms with Gasteiger partial charge in [-0.2, -0.15) is 0 Å². The fraction of sp³-hybridized carbons (Fsp3) is 0.988. The third-order valence-electron chi connectivity index (χ3n) is 21.8. The van der Waals surface area contributed by atoms with Crippen molar-refractivity contribution in [2.75, 3.05) is 0 Å². The minimum atomic E-state index is -0.799. The van der Waals surface area contributed by atoms with Gasteiger partial charge in [0.2, 0.25) is 0 Å². The zero-order valence-corrected chi connectivity index (χ0v) is 61.0. The maximum Gasteiger partial charge on any atom is 0.309 e. The molecule has 0 saturated heterocycles. The first kappa shape index (κ1) is 85.4. The largest absolute Gasteiger partial charge is 0.481 e. The van der Waals surface area contributed by atoms with Gasteiger partial charge in [-0.05, 0) is 49.9 Å². The minimum absolute atomic E-state index is 0.0806. The Bertz CT molecular complexity index is 1320. The first-order valence-electron chi connectivity index (χ1n) is 42.0. The monoisotopic (exact) mass is 1240 g/mol. The Morgan fingerprint density at radius 2 is 0.443 bits per heavy atom. The third-order valence-corrected chi connectivity index (χ3v) is 21.8. The quantitative estimate of drug-likeness (QED) is 0.0530. The summed E-state index contributed by atoms with van der Waals surface area (Å²) in [6, 6.07) is 0. The maximum atomic E-state index is 12.0. The second kappa shape index (κ2) is 70.7. The number of unbranched alkanes of at least 4 members (excludes halogenated alkanes) is 63. The molecule has 1 aliphatic rings. The lowest BCUT2D eigenvalue weighted by Crippen LogP contribution is -2.28. The van der Waals surface area contributed by atoms with E-state index in [0.717, 1.165) is 43.9 Å². The zero-order valence-electron chi connectivity index (χ0n) is 61.0. The van der Waals surface area contributed by atoms with E-state index in [-0.39, 0.29) is 6.10 Å². The van der Waals surface area contributed by atoms with Gasteiger partial charge in [-0.15, -0.1) is 0 Å². The molecule has 4 heteroatoms. The van der Waals surface area contributed by atoms with E-state index in [1.54, 1.807) is 0 Å². The van der Waals surface area contributed by atoms with Gasteiger partial charge in [-0.1, -0.05) is 464 Å². The Balaban J connectivity index is 1.75. The lowest BCUT2D eigenvalue weighted by molar-refractivity contribution is -0.146. The lowest BCUT2D eigenvalue weighted by atomic mass is 9.91.